The Hall–Kier alpha value is -3.38. The average Bonchev–Trinajstić information content (AvgIpc) is 3.44. The zero-order chi connectivity index (χ0) is 23.8. The molecule has 0 atom stereocenters. The van der Waals surface area contributed by atoms with E-state index in [4.69, 9.17) is 0 Å². The molecular formula is C21H20F3N5O3S. The minimum atomic E-state index is -4.84. The van der Waals surface area contributed by atoms with Crippen molar-refractivity contribution in [2.24, 2.45) is 0 Å². The molecule has 2 aromatic carbocycles. The van der Waals surface area contributed by atoms with E-state index in [1.165, 1.54) is 30.3 Å². The summed E-state index contributed by atoms with van der Waals surface area (Å²) in [5.74, 6) is -1.05. The van der Waals surface area contributed by atoms with Gasteiger partial charge in [-0.2, -0.15) is 18.3 Å². The first-order chi connectivity index (χ1) is 15.6. The van der Waals surface area contributed by atoms with Crippen molar-refractivity contribution in [2.75, 3.05) is 5.43 Å². The van der Waals surface area contributed by atoms with Crippen molar-refractivity contribution in [1.29, 1.82) is 0 Å². The van der Waals surface area contributed by atoms with E-state index in [1.54, 1.807) is 25.1 Å². The van der Waals surface area contributed by atoms with Gasteiger partial charge in [-0.15, -0.1) is 0 Å². The largest absolute Gasteiger partial charge is 0.434 e. The molecule has 0 aliphatic heterocycles. The van der Waals surface area contributed by atoms with Gasteiger partial charge in [0.15, 0.2) is 5.69 Å². The number of hydrogen-bond acceptors (Lipinski definition) is 5. The Bertz CT molecular complexity index is 1280. The van der Waals surface area contributed by atoms with Gasteiger partial charge >= 0.3 is 6.18 Å². The molecule has 3 aromatic rings. The van der Waals surface area contributed by atoms with E-state index in [9.17, 15) is 26.4 Å². The van der Waals surface area contributed by atoms with Crippen LogP contribution < -0.4 is 15.6 Å². The first-order valence-electron chi connectivity index (χ1n) is 9.96. The number of rotatable bonds is 7. The van der Waals surface area contributed by atoms with Crippen molar-refractivity contribution >= 4 is 21.6 Å². The number of para-hydroxylation sites is 1. The average molecular weight is 479 g/mol. The molecular weight excluding hydrogens is 459 g/mol. The summed E-state index contributed by atoms with van der Waals surface area (Å²) in [6, 6.07) is 11.8. The topological polar surface area (TPSA) is 105 Å². The fourth-order valence-corrected chi connectivity index (χ4v) is 4.48. The summed E-state index contributed by atoms with van der Waals surface area (Å²) in [4.78, 5) is 12.6. The van der Waals surface area contributed by atoms with E-state index in [-0.39, 0.29) is 22.3 Å². The highest BCUT2D eigenvalue weighted by molar-refractivity contribution is 7.89. The summed E-state index contributed by atoms with van der Waals surface area (Å²) < 4.78 is 69.1. The number of halogens is 3. The molecule has 0 unspecified atom stereocenters. The number of alkyl halides is 3. The van der Waals surface area contributed by atoms with Gasteiger partial charge in [0.25, 0.3) is 5.91 Å². The monoisotopic (exact) mass is 479 g/mol. The van der Waals surface area contributed by atoms with Crippen LogP contribution in [-0.4, -0.2) is 30.1 Å². The number of aromatic nitrogens is 2. The van der Waals surface area contributed by atoms with E-state index in [1.807, 2.05) is 0 Å². The molecule has 3 N–H and O–H groups in total. The van der Waals surface area contributed by atoms with Crippen molar-refractivity contribution in [2.45, 2.75) is 36.9 Å². The maximum Gasteiger partial charge on any atom is 0.434 e. The lowest BCUT2D eigenvalue weighted by atomic mass is 10.2. The number of benzene rings is 2. The zero-order valence-corrected chi connectivity index (χ0v) is 18.2. The lowest BCUT2D eigenvalue weighted by Crippen LogP contribution is -2.31. The van der Waals surface area contributed by atoms with E-state index in [2.05, 4.69) is 20.7 Å². The number of nitrogens with zero attached hydrogens (tertiary/aromatic N) is 2. The fourth-order valence-electron chi connectivity index (χ4n) is 3.17. The number of anilines is 1. The van der Waals surface area contributed by atoms with Gasteiger partial charge in [0.1, 0.15) is 0 Å². The SMILES string of the molecule is Cc1ccccc1-n1ncc(C(=O)NNc2ccc(S(=O)(=O)NC3CC3)cc2)c1C(F)(F)F. The summed E-state index contributed by atoms with van der Waals surface area (Å²) in [5.41, 5.74) is 3.87. The Labute approximate surface area is 187 Å². The van der Waals surface area contributed by atoms with Crippen molar-refractivity contribution in [3.63, 3.8) is 0 Å². The van der Waals surface area contributed by atoms with Crippen LogP contribution in [0.25, 0.3) is 5.69 Å². The third-order valence-electron chi connectivity index (χ3n) is 5.01. The van der Waals surface area contributed by atoms with Crippen LogP contribution in [0.4, 0.5) is 18.9 Å². The molecule has 1 fully saturated rings. The predicted molar refractivity (Wildman–Crippen MR) is 114 cm³/mol. The zero-order valence-electron chi connectivity index (χ0n) is 17.3. The first kappa shape index (κ1) is 22.8. The van der Waals surface area contributed by atoms with Crippen LogP contribution in [-0.2, 0) is 16.2 Å². The van der Waals surface area contributed by atoms with Crippen LogP contribution >= 0.6 is 0 Å². The minimum Gasteiger partial charge on any atom is -0.298 e. The van der Waals surface area contributed by atoms with E-state index in [0.29, 0.717) is 10.2 Å². The number of nitrogens with one attached hydrogen (secondary N) is 3. The van der Waals surface area contributed by atoms with Crippen molar-refractivity contribution in [3.05, 3.63) is 71.5 Å². The molecule has 8 nitrogen and oxygen atoms in total. The molecule has 1 aliphatic carbocycles. The van der Waals surface area contributed by atoms with Crippen LogP contribution in [0.2, 0.25) is 0 Å². The van der Waals surface area contributed by atoms with Gasteiger partial charge in [-0.1, -0.05) is 18.2 Å². The second-order valence-corrected chi connectivity index (χ2v) is 9.32. The number of hydrazine groups is 1. The molecule has 0 saturated heterocycles. The number of carbonyl (C=O) groups excluding carboxylic acids is 1. The highest BCUT2D eigenvalue weighted by atomic mass is 32.2. The molecule has 12 heteroatoms. The van der Waals surface area contributed by atoms with Gasteiger partial charge in [-0.3, -0.25) is 15.6 Å². The lowest BCUT2D eigenvalue weighted by molar-refractivity contribution is -0.143. The van der Waals surface area contributed by atoms with Crippen LogP contribution in [0.5, 0.6) is 0 Å². The molecule has 1 aromatic heterocycles. The van der Waals surface area contributed by atoms with E-state index in [0.717, 1.165) is 19.0 Å². The highest BCUT2D eigenvalue weighted by Crippen LogP contribution is 2.34. The fraction of sp³-hybridized carbons (Fsp3) is 0.238. The summed E-state index contributed by atoms with van der Waals surface area (Å²) in [5, 5.41) is 3.79. The molecule has 1 heterocycles. The van der Waals surface area contributed by atoms with Gasteiger partial charge in [-0.25, -0.2) is 17.8 Å². The second kappa shape index (κ2) is 8.52. The number of hydrogen-bond donors (Lipinski definition) is 3. The molecule has 1 saturated carbocycles. The van der Waals surface area contributed by atoms with Gasteiger partial charge in [0.2, 0.25) is 10.0 Å². The number of carbonyl (C=O) groups is 1. The van der Waals surface area contributed by atoms with Crippen molar-refractivity contribution in [3.8, 4) is 5.69 Å². The third-order valence-corrected chi connectivity index (χ3v) is 6.55. The molecule has 0 radical (unpaired) electrons. The van der Waals surface area contributed by atoms with Crippen molar-refractivity contribution in [1.82, 2.24) is 19.9 Å². The molecule has 33 heavy (non-hydrogen) atoms. The molecule has 4 rings (SSSR count). The number of amides is 1. The quantitative estimate of drug-likeness (QED) is 0.451. The number of aryl methyl sites for hydroxylation is 1. The molecule has 0 spiro atoms. The standard InChI is InChI=1S/C21H20F3N5O3S/c1-13-4-2-3-5-18(13)29-19(21(22,23)24)17(12-25-29)20(30)27-26-14-8-10-16(11-9-14)33(31,32)28-15-6-7-15/h2-5,8-12,15,26,28H,6-7H2,1H3,(H,27,30). The van der Waals surface area contributed by atoms with Gasteiger partial charge in [-0.05, 0) is 55.7 Å². The van der Waals surface area contributed by atoms with Gasteiger partial charge in [0, 0.05) is 6.04 Å². The lowest BCUT2D eigenvalue weighted by Gasteiger charge is -2.14. The summed E-state index contributed by atoms with van der Waals surface area (Å²) >= 11 is 0. The Morgan fingerprint density at radius 1 is 1.09 bits per heavy atom. The van der Waals surface area contributed by atoms with Crippen molar-refractivity contribution < 1.29 is 26.4 Å². The third kappa shape index (κ3) is 5.01. The Morgan fingerprint density at radius 3 is 2.36 bits per heavy atom. The minimum absolute atomic E-state index is 0.0458. The Morgan fingerprint density at radius 2 is 1.76 bits per heavy atom. The normalized spacial score (nSPS) is 14.2. The maximum atomic E-state index is 13.8. The van der Waals surface area contributed by atoms with Crippen LogP contribution in [0.3, 0.4) is 0 Å². The molecule has 174 valence electrons. The van der Waals surface area contributed by atoms with E-state index < -0.39 is 33.4 Å². The highest BCUT2D eigenvalue weighted by Gasteiger charge is 2.40. The van der Waals surface area contributed by atoms with E-state index >= 15 is 0 Å². The smallest absolute Gasteiger partial charge is 0.298 e. The molecule has 1 aliphatic rings. The van der Waals surface area contributed by atoms with Crippen LogP contribution in [0.1, 0.15) is 34.5 Å². The van der Waals surface area contributed by atoms with Crippen LogP contribution in [0.15, 0.2) is 59.6 Å². The maximum absolute atomic E-state index is 13.8. The summed E-state index contributed by atoms with van der Waals surface area (Å²) in [7, 11) is -3.64. The Balaban J connectivity index is 1.51. The van der Waals surface area contributed by atoms with Gasteiger partial charge < -0.3 is 0 Å². The van der Waals surface area contributed by atoms with Crippen LogP contribution in [0, 0.1) is 6.92 Å². The predicted octanol–water partition coefficient (Wildman–Crippen LogP) is 3.40. The van der Waals surface area contributed by atoms with Gasteiger partial charge in [0.05, 0.1) is 28.0 Å². The molecule has 1 amide bonds. The first-order valence-corrected chi connectivity index (χ1v) is 11.4. The summed E-state index contributed by atoms with van der Waals surface area (Å²) in [6.45, 7) is 1.64. The Kier molecular flexibility index (Phi) is 5.89. The summed E-state index contributed by atoms with van der Waals surface area (Å²) in [6.07, 6.45) is -2.39. The number of sulfonamides is 1. The second-order valence-electron chi connectivity index (χ2n) is 7.60. The molecule has 0 bridgehead atoms.